The number of ether oxygens (including phenoxy) is 2. The number of hydrogen-bond acceptors (Lipinski definition) is 4. The van der Waals surface area contributed by atoms with Gasteiger partial charge in [-0.3, -0.25) is 9.69 Å². The third-order valence-corrected chi connectivity index (χ3v) is 5.67. The summed E-state index contributed by atoms with van der Waals surface area (Å²) in [4.78, 5) is 15.4. The first kappa shape index (κ1) is 20.2. The largest absolute Gasteiger partial charge is 0.460 e. The maximum absolute atomic E-state index is 13.0. The van der Waals surface area contributed by atoms with Crippen LogP contribution < -0.4 is 0 Å². The van der Waals surface area contributed by atoms with Crippen LogP contribution in [0.25, 0.3) is 0 Å². The standard InChI is InChI=1S/C19H34BrNO3/c1-17(2,3)24-16(22)19(10-7-6-8-11-19)14-21-13-15(9-12-20)23-18(21,4)5/h15H,6-14H2,1-5H3. The van der Waals surface area contributed by atoms with Crippen LogP contribution in [0.15, 0.2) is 0 Å². The van der Waals surface area contributed by atoms with E-state index in [4.69, 9.17) is 9.47 Å². The minimum atomic E-state index is -0.433. The Balaban J connectivity index is 2.15. The van der Waals surface area contributed by atoms with Crippen molar-refractivity contribution in [1.29, 1.82) is 0 Å². The molecule has 1 aliphatic carbocycles. The molecule has 0 aromatic heterocycles. The topological polar surface area (TPSA) is 38.8 Å². The molecule has 1 atom stereocenters. The molecule has 140 valence electrons. The first-order chi connectivity index (χ1) is 11.1. The SMILES string of the molecule is CC(C)(C)OC(=O)C1(CN2CC(CCBr)OC2(C)C)CCCCC1. The molecule has 1 unspecified atom stereocenters. The van der Waals surface area contributed by atoms with E-state index in [0.717, 1.165) is 50.5 Å². The van der Waals surface area contributed by atoms with Gasteiger partial charge in [0.1, 0.15) is 11.3 Å². The minimum absolute atomic E-state index is 0.0190. The van der Waals surface area contributed by atoms with Gasteiger partial charge >= 0.3 is 5.97 Å². The second kappa shape index (κ2) is 7.63. The molecule has 1 saturated carbocycles. The molecule has 0 aromatic carbocycles. The Kier molecular flexibility index (Phi) is 6.41. The fourth-order valence-electron chi connectivity index (χ4n) is 3.92. The van der Waals surface area contributed by atoms with Gasteiger partial charge in [-0.1, -0.05) is 35.2 Å². The summed E-state index contributed by atoms with van der Waals surface area (Å²) in [5.74, 6) is -0.0190. The zero-order valence-electron chi connectivity index (χ0n) is 16.0. The zero-order valence-corrected chi connectivity index (χ0v) is 17.6. The number of hydrogen-bond donors (Lipinski definition) is 0. The van der Waals surface area contributed by atoms with E-state index in [9.17, 15) is 4.79 Å². The van der Waals surface area contributed by atoms with Crippen LogP contribution >= 0.6 is 15.9 Å². The van der Waals surface area contributed by atoms with Crippen LogP contribution in [-0.2, 0) is 14.3 Å². The molecule has 1 heterocycles. The van der Waals surface area contributed by atoms with E-state index in [0.29, 0.717) is 0 Å². The highest BCUT2D eigenvalue weighted by Crippen LogP contribution is 2.42. The smallest absolute Gasteiger partial charge is 0.313 e. The summed E-state index contributed by atoms with van der Waals surface area (Å²) in [6.45, 7) is 11.7. The van der Waals surface area contributed by atoms with Crippen LogP contribution in [0, 0.1) is 5.41 Å². The maximum atomic E-state index is 13.0. The van der Waals surface area contributed by atoms with Crippen LogP contribution in [0.1, 0.15) is 73.1 Å². The molecule has 1 aliphatic heterocycles. The van der Waals surface area contributed by atoms with E-state index in [1.165, 1.54) is 6.42 Å². The highest BCUT2D eigenvalue weighted by Gasteiger charge is 2.48. The van der Waals surface area contributed by atoms with Crippen molar-refractivity contribution in [1.82, 2.24) is 4.90 Å². The van der Waals surface area contributed by atoms with Crippen LogP contribution in [-0.4, -0.2) is 46.7 Å². The number of halogens is 1. The number of nitrogens with zero attached hydrogens (tertiary/aromatic N) is 1. The van der Waals surface area contributed by atoms with E-state index in [1.807, 2.05) is 20.8 Å². The first-order valence-electron chi connectivity index (χ1n) is 9.30. The van der Waals surface area contributed by atoms with Crippen LogP contribution in [0.2, 0.25) is 0 Å². The Morgan fingerprint density at radius 2 is 1.88 bits per heavy atom. The molecule has 0 radical (unpaired) electrons. The van der Waals surface area contributed by atoms with Gasteiger partial charge in [-0.25, -0.2) is 0 Å². The molecule has 0 spiro atoms. The van der Waals surface area contributed by atoms with Gasteiger partial charge in [0.05, 0.1) is 11.5 Å². The van der Waals surface area contributed by atoms with E-state index >= 15 is 0 Å². The molecule has 2 fully saturated rings. The summed E-state index contributed by atoms with van der Waals surface area (Å²) in [5.41, 5.74) is -1.13. The molecule has 4 nitrogen and oxygen atoms in total. The highest BCUT2D eigenvalue weighted by molar-refractivity contribution is 9.09. The highest BCUT2D eigenvalue weighted by atomic mass is 79.9. The fraction of sp³-hybridized carbons (Fsp3) is 0.947. The van der Waals surface area contributed by atoms with Crippen LogP contribution in [0.5, 0.6) is 0 Å². The molecule has 24 heavy (non-hydrogen) atoms. The van der Waals surface area contributed by atoms with Crippen molar-refractivity contribution < 1.29 is 14.3 Å². The molecule has 0 bridgehead atoms. The van der Waals surface area contributed by atoms with Gasteiger partial charge in [0.2, 0.25) is 0 Å². The predicted molar refractivity (Wildman–Crippen MR) is 100 cm³/mol. The van der Waals surface area contributed by atoms with Crippen molar-refractivity contribution in [3.05, 3.63) is 0 Å². The average molecular weight is 404 g/mol. The quantitative estimate of drug-likeness (QED) is 0.500. The van der Waals surface area contributed by atoms with Crippen molar-refractivity contribution in [2.45, 2.75) is 90.6 Å². The van der Waals surface area contributed by atoms with Crippen LogP contribution in [0.3, 0.4) is 0 Å². The van der Waals surface area contributed by atoms with Gasteiger partial charge in [-0.15, -0.1) is 0 Å². The molecule has 0 N–H and O–H groups in total. The summed E-state index contributed by atoms with van der Waals surface area (Å²) in [7, 11) is 0. The lowest BCUT2D eigenvalue weighted by Crippen LogP contribution is -2.51. The molecule has 1 saturated heterocycles. The number of carbonyl (C=O) groups excluding carboxylic acids is 1. The monoisotopic (exact) mass is 403 g/mol. The number of esters is 1. The lowest BCUT2D eigenvalue weighted by Gasteiger charge is -2.42. The van der Waals surface area contributed by atoms with Gasteiger partial charge in [-0.05, 0) is 53.9 Å². The predicted octanol–water partition coefficient (Wildman–Crippen LogP) is 4.50. The average Bonchev–Trinajstić information content (AvgIpc) is 2.72. The van der Waals surface area contributed by atoms with Crippen molar-refractivity contribution in [2.75, 3.05) is 18.4 Å². The van der Waals surface area contributed by atoms with Gasteiger partial charge in [0.15, 0.2) is 0 Å². The van der Waals surface area contributed by atoms with Crippen molar-refractivity contribution in [3.8, 4) is 0 Å². The molecular weight excluding hydrogens is 370 g/mol. The number of carbonyl (C=O) groups is 1. The van der Waals surface area contributed by atoms with Crippen molar-refractivity contribution in [3.63, 3.8) is 0 Å². The normalized spacial score (nSPS) is 27.2. The lowest BCUT2D eigenvalue weighted by atomic mass is 9.73. The van der Waals surface area contributed by atoms with Gasteiger partial charge < -0.3 is 9.47 Å². The molecular formula is C19H34BrNO3. The van der Waals surface area contributed by atoms with E-state index in [2.05, 4.69) is 34.7 Å². The second-order valence-corrected chi connectivity index (χ2v) is 9.68. The Morgan fingerprint density at radius 1 is 1.25 bits per heavy atom. The lowest BCUT2D eigenvalue weighted by molar-refractivity contribution is -0.174. The Labute approximate surface area is 155 Å². The van der Waals surface area contributed by atoms with Gasteiger partial charge in [0, 0.05) is 18.4 Å². The number of rotatable bonds is 5. The zero-order chi connectivity index (χ0) is 18.0. The van der Waals surface area contributed by atoms with E-state index in [-0.39, 0.29) is 23.2 Å². The Morgan fingerprint density at radius 3 is 2.42 bits per heavy atom. The minimum Gasteiger partial charge on any atom is -0.460 e. The summed E-state index contributed by atoms with van der Waals surface area (Å²) in [6, 6.07) is 0. The van der Waals surface area contributed by atoms with Crippen molar-refractivity contribution in [2.24, 2.45) is 5.41 Å². The molecule has 2 aliphatic rings. The van der Waals surface area contributed by atoms with Crippen molar-refractivity contribution >= 4 is 21.9 Å². The maximum Gasteiger partial charge on any atom is 0.313 e. The molecule has 2 rings (SSSR count). The van der Waals surface area contributed by atoms with Crippen LogP contribution in [0.4, 0.5) is 0 Å². The second-order valence-electron chi connectivity index (χ2n) is 8.89. The fourth-order valence-corrected chi connectivity index (χ4v) is 4.43. The summed E-state index contributed by atoms with van der Waals surface area (Å²) in [6.07, 6.45) is 6.53. The first-order valence-corrected chi connectivity index (χ1v) is 10.4. The number of alkyl halides is 1. The Hall–Kier alpha value is -0.130. The third kappa shape index (κ3) is 4.95. The summed E-state index contributed by atoms with van der Waals surface area (Å²) in [5, 5.41) is 0.943. The molecule has 0 amide bonds. The van der Waals surface area contributed by atoms with Gasteiger partial charge in [-0.2, -0.15) is 0 Å². The van der Waals surface area contributed by atoms with Gasteiger partial charge in [0.25, 0.3) is 0 Å². The third-order valence-electron chi connectivity index (χ3n) is 5.21. The molecule has 0 aromatic rings. The molecule has 5 heteroatoms. The summed E-state index contributed by atoms with van der Waals surface area (Å²) < 4.78 is 12.0. The summed E-state index contributed by atoms with van der Waals surface area (Å²) >= 11 is 3.51. The van der Waals surface area contributed by atoms with E-state index < -0.39 is 5.60 Å². The van der Waals surface area contributed by atoms with E-state index in [1.54, 1.807) is 0 Å². The Bertz CT molecular complexity index is 438.